The van der Waals surface area contributed by atoms with Crippen molar-refractivity contribution >= 4 is 18.5 Å². The van der Waals surface area contributed by atoms with Gasteiger partial charge in [-0.15, -0.1) is 18.5 Å². The van der Waals surface area contributed by atoms with Crippen molar-refractivity contribution in [3.63, 3.8) is 0 Å². The maximum Gasteiger partial charge on any atom is 0.0735 e. The van der Waals surface area contributed by atoms with E-state index in [4.69, 9.17) is 0 Å². The Morgan fingerprint density at radius 3 is 1.68 bits per heavy atom. The Labute approximate surface area is 269 Å². The monoisotopic (exact) mass is 624 g/mol. The van der Waals surface area contributed by atoms with E-state index in [-0.39, 0.29) is 22.9 Å². The Kier molecular flexibility index (Phi) is 8.24. The fourth-order valence-corrected chi connectivity index (χ4v) is 12.1. The van der Waals surface area contributed by atoms with E-state index in [9.17, 15) is 0 Å². The highest BCUT2D eigenvalue weighted by atomic mass is 31.0. The molecule has 3 aromatic carbocycles. The molecular weight excluding hydrogens is 574 g/mol. The Balaban J connectivity index is 1.43. The lowest BCUT2D eigenvalue weighted by Gasteiger charge is -2.63. The molecule has 0 aromatic heterocycles. The van der Waals surface area contributed by atoms with Crippen molar-refractivity contribution < 1.29 is 0 Å². The maximum absolute atomic E-state index is 3.97. The van der Waals surface area contributed by atoms with Crippen molar-refractivity contribution in [3.8, 4) is 22.3 Å². The van der Waals surface area contributed by atoms with Gasteiger partial charge in [-0.25, -0.2) is 0 Å². The molecule has 4 aliphatic carbocycles. The summed E-state index contributed by atoms with van der Waals surface area (Å²) in [5, 5.41) is 15.6. The molecule has 0 radical (unpaired) electrons. The van der Waals surface area contributed by atoms with Crippen LogP contribution in [0.1, 0.15) is 56.1 Å². The first-order valence-electron chi connectivity index (χ1n) is 17.3. The average Bonchev–Trinajstić information content (AvgIpc) is 3.08. The van der Waals surface area contributed by atoms with Gasteiger partial charge in [0.2, 0.25) is 0 Å². The Hall–Kier alpha value is -1.64. The lowest BCUT2D eigenvalue weighted by molar-refractivity contribution is -0.0525. The second-order valence-electron chi connectivity index (χ2n) is 14.6. The molecule has 2 saturated heterocycles. The normalized spacial score (nSPS) is 31.0. The molecule has 0 spiro atoms. The van der Waals surface area contributed by atoms with E-state index in [2.05, 4.69) is 113 Å². The van der Waals surface area contributed by atoms with E-state index in [1.807, 2.05) is 0 Å². The first-order valence-corrected chi connectivity index (χ1v) is 18.7. The largest absolute Gasteiger partial charge is 0.301 e. The standard InChI is InChI=1S/C38H50N4P2/c43-24-34-29-18-25-17-26(19-29)23-37(34,22-25)32-20-30(27-9-3-1-4-10-27)31(28-11-5-2-6-12-28)21-33(32)38(44,35-39-13-7-14-40-35)36-41-15-8-16-42-36/h1-6,9-12,20-21,25-26,29,34-36,39-42H,7-8,13-19,22-24,43-44H2. The number of rotatable bonds is 7. The topological polar surface area (TPSA) is 48.1 Å². The van der Waals surface area contributed by atoms with E-state index in [1.54, 1.807) is 5.56 Å². The zero-order valence-corrected chi connectivity index (χ0v) is 28.3. The van der Waals surface area contributed by atoms with Crippen LogP contribution in [0.3, 0.4) is 0 Å². The average molecular weight is 625 g/mol. The summed E-state index contributed by atoms with van der Waals surface area (Å²) in [5.41, 5.74) is 8.73. The van der Waals surface area contributed by atoms with Crippen LogP contribution in [0, 0.1) is 23.7 Å². The molecule has 232 valence electrons. The van der Waals surface area contributed by atoms with E-state index >= 15 is 0 Å². The SMILES string of the molecule is PCC1C2CC3CC(C2)CC1(c1cc(-c2ccccc2)c(-c2ccccc2)cc1C(P)(C1NCCCN1)C1NCCCN1)C3. The molecule has 2 heterocycles. The van der Waals surface area contributed by atoms with Crippen LogP contribution in [0.25, 0.3) is 22.3 Å². The molecule has 0 amide bonds. The summed E-state index contributed by atoms with van der Waals surface area (Å²) in [6.07, 6.45) is 10.9. The lowest BCUT2D eigenvalue weighted by Crippen LogP contribution is -2.69. The molecule has 4 N–H and O–H groups in total. The smallest absolute Gasteiger partial charge is 0.0735 e. The molecule has 4 nitrogen and oxygen atoms in total. The van der Waals surface area contributed by atoms with Gasteiger partial charge in [0.25, 0.3) is 0 Å². The van der Waals surface area contributed by atoms with Gasteiger partial charge in [-0.05, 0) is 152 Å². The molecule has 5 unspecified atom stereocenters. The summed E-state index contributed by atoms with van der Waals surface area (Å²) in [6, 6.07) is 27.7. The highest BCUT2D eigenvalue weighted by Gasteiger charge is 2.59. The van der Waals surface area contributed by atoms with Crippen LogP contribution in [0.15, 0.2) is 72.8 Å². The van der Waals surface area contributed by atoms with Crippen LogP contribution in [-0.4, -0.2) is 44.7 Å². The second-order valence-corrected chi connectivity index (χ2v) is 16.0. The first kappa shape index (κ1) is 29.7. The predicted octanol–water partition coefficient (Wildman–Crippen LogP) is 6.48. The summed E-state index contributed by atoms with van der Waals surface area (Å²) in [7, 11) is 6.69. The molecule has 6 heteroatoms. The minimum Gasteiger partial charge on any atom is -0.301 e. The van der Waals surface area contributed by atoms with Gasteiger partial charge in [0.05, 0.1) is 17.5 Å². The van der Waals surface area contributed by atoms with E-state index < -0.39 is 0 Å². The number of benzene rings is 3. The Morgan fingerprint density at radius 1 is 0.682 bits per heavy atom. The van der Waals surface area contributed by atoms with Crippen molar-refractivity contribution in [2.75, 3.05) is 32.3 Å². The van der Waals surface area contributed by atoms with Crippen LogP contribution in [0.5, 0.6) is 0 Å². The third-order valence-electron chi connectivity index (χ3n) is 12.2. The maximum atomic E-state index is 3.97. The third-order valence-corrected chi connectivity index (χ3v) is 13.6. The Morgan fingerprint density at radius 2 is 1.18 bits per heavy atom. The fraction of sp³-hybridized carbons (Fsp3) is 0.526. The molecule has 6 aliphatic rings. The third kappa shape index (κ3) is 4.95. The first-order chi connectivity index (χ1) is 21.6. The quantitative estimate of drug-likeness (QED) is 0.228. The highest BCUT2D eigenvalue weighted by Crippen LogP contribution is 2.65. The van der Waals surface area contributed by atoms with Gasteiger partial charge in [0, 0.05) is 0 Å². The van der Waals surface area contributed by atoms with E-state index in [1.165, 1.54) is 78.9 Å². The van der Waals surface area contributed by atoms with Crippen molar-refractivity contribution in [2.45, 2.75) is 67.8 Å². The lowest BCUT2D eigenvalue weighted by atomic mass is 9.43. The fourth-order valence-electron chi connectivity index (χ4n) is 10.5. The van der Waals surface area contributed by atoms with Crippen LogP contribution < -0.4 is 21.3 Å². The zero-order valence-electron chi connectivity index (χ0n) is 26.0. The molecule has 44 heavy (non-hydrogen) atoms. The van der Waals surface area contributed by atoms with Gasteiger partial charge in [-0.1, -0.05) is 60.7 Å². The van der Waals surface area contributed by atoms with Gasteiger partial charge in [0.1, 0.15) is 0 Å². The minimum absolute atomic E-state index is 0.151. The van der Waals surface area contributed by atoms with Crippen molar-refractivity contribution in [2.24, 2.45) is 23.7 Å². The molecule has 2 aliphatic heterocycles. The van der Waals surface area contributed by atoms with Crippen molar-refractivity contribution in [1.29, 1.82) is 0 Å². The summed E-state index contributed by atoms with van der Waals surface area (Å²) in [6.45, 7) is 4.20. The Bertz CT molecular complexity index is 1420. The highest BCUT2D eigenvalue weighted by molar-refractivity contribution is 7.18. The summed E-state index contributed by atoms with van der Waals surface area (Å²) in [5.74, 6) is 3.33. The van der Waals surface area contributed by atoms with Crippen molar-refractivity contribution in [1.82, 2.24) is 21.3 Å². The van der Waals surface area contributed by atoms with Crippen LogP contribution in [0.4, 0.5) is 0 Å². The van der Waals surface area contributed by atoms with Crippen molar-refractivity contribution in [3.05, 3.63) is 83.9 Å². The van der Waals surface area contributed by atoms with Crippen LogP contribution >= 0.6 is 18.5 Å². The van der Waals surface area contributed by atoms with Crippen LogP contribution in [0.2, 0.25) is 0 Å². The zero-order chi connectivity index (χ0) is 29.7. The minimum atomic E-state index is -0.274. The van der Waals surface area contributed by atoms with E-state index in [0.29, 0.717) is 0 Å². The molecular formula is C38H50N4P2. The van der Waals surface area contributed by atoms with Gasteiger partial charge in [-0.3, -0.25) is 0 Å². The summed E-state index contributed by atoms with van der Waals surface area (Å²) < 4.78 is 0. The summed E-state index contributed by atoms with van der Waals surface area (Å²) >= 11 is 0. The van der Waals surface area contributed by atoms with Gasteiger partial charge >= 0.3 is 0 Å². The van der Waals surface area contributed by atoms with Crippen LogP contribution in [-0.2, 0) is 10.6 Å². The van der Waals surface area contributed by atoms with Gasteiger partial charge in [0.15, 0.2) is 0 Å². The molecule has 5 atom stereocenters. The molecule has 3 aromatic rings. The number of nitrogens with one attached hydrogen (secondary N) is 4. The molecule has 4 saturated carbocycles. The van der Waals surface area contributed by atoms with Gasteiger partial charge < -0.3 is 21.3 Å². The molecule has 6 fully saturated rings. The summed E-state index contributed by atoms with van der Waals surface area (Å²) in [4.78, 5) is 0. The van der Waals surface area contributed by atoms with Gasteiger partial charge in [-0.2, -0.15) is 0 Å². The van der Waals surface area contributed by atoms with E-state index in [0.717, 1.165) is 49.9 Å². The number of hydrogen-bond acceptors (Lipinski definition) is 4. The predicted molar refractivity (Wildman–Crippen MR) is 191 cm³/mol. The number of hydrogen-bond donors (Lipinski definition) is 4. The molecule has 4 bridgehead atoms. The molecule has 9 rings (SSSR count). The second kappa shape index (κ2) is 12.2.